The van der Waals surface area contributed by atoms with E-state index in [-0.39, 0.29) is 11.9 Å². The maximum Gasteiger partial charge on any atom is 0.266 e. The lowest BCUT2D eigenvalue weighted by atomic mass is 10.1. The van der Waals surface area contributed by atoms with Gasteiger partial charge in [-0.3, -0.25) is 4.79 Å². The molecule has 0 aliphatic heterocycles. The average Bonchev–Trinajstić information content (AvgIpc) is 2.75. The van der Waals surface area contributed by atoms with Crippen LogP contribution in [0.15, 0.2) is 24.3 Å². The first-order valence-electron chi connectivity index (χ1n) is 6.46. The Bertz CT molecular complexity index is 636. The maximum atomic E-state index is 12.5. The second-order valence-corrected chi connectivity index (χ2v) is 6.11. The first-order valence-corrected chi connectivity index (χ1v) is 7.28. The van der Waals surface area contributed by atoms with Gasteiger partial charge in [0.1, 0.15) is 4.88 Å². The lowest BCUT2D eigenvalue weighted by Crippen LogP contribution is -2.29. The third-order valence-corrected chi connectivity index (χ3v) is 4.45. The zero-order valence-electron chi connectivity index (χ0n) is 12.2. The zero-order chi connectivity index (χ0) is 14.9. The zero-order valence-corrected chi connectivity index (χ0v) is 13.0. The highest BCUT2D eigenvalue weighted by atomic mass is 32.1. The molecule has 1 unspecified atom stereocenters. The molecule has 5 heteroatoms. The van der Waals surface area contributed by atoms with E-state index in [0.717, 1.165) is 16.3 Å². The van der Waals surface area contributed by atoms with E-state index in [1.807, 2.05) is 52.1 Å². The molecule has 0 aliphatic carbocycles. The molecule has 1 aromatic carbocycles. The maximum absolute atomic E-state index is 12.5. The third kappa shape index (κ3) is 2.82. The number of aromatic nitrogens is 1. The van der Waals surface area contributed by atoms with Crippen LogP contribution in [0, 0.1) is 13.8 Å². The molecule has 2 aromatic rings. The summed E-state index contributed by atoms with van der Waals surface area (Å²) in [5.74, 6) is 0.00280. The van der Waals surface area contributed by atoms with Gasteiger partial charge in [0.05, 0.1) is 16.7 Å². The van der Waals surface area contributed by atoms with Crippen molar-refractivity contribution in [3.63, 3.8) is 0 Å². The van der Waals surface area contributed by atoms with Gasteiger partial charge in [-0.05, 0) is 38.5 Å². The molecule has 2 N–H and O–H groups in total. The molecular formula is C15H19N3OS. The van der Waals surface area contributed by atoms with Crippen LogP contribution in [0.1, 0.15) is 38.9 Å². The number of nitrogens with zero attached hydrogens (tertiary/aromatic N) is 2. The predicted molar refractivity (Wildman–Crippen MR) is 83.0 cm³/mol. The van der Waals surface area contributed by atoms with E-state index in [9.17, 15) is 4.79 Å². The molecule has 1 amide bonds. The van der Waals surface area contributed by atoms with Crippen LogP contribution in [0.3, 0.4) is 0 Å². The highest BCUT2D eigenvalue weighted by molar-refractivity contribution is 7.13. The van der Waals surface area contributed by atoms with Crippen molar-refractivity contribution in [1.82, 2.24) is 9.88 Å². The first kappa shape index (κ1) is 14.5. The van der Waals surface area contributed by atoms with Crippen LogP contribution in [-0.2, 0) is 0 Å². The van der Waals surface area contributed by atoms with Crippen molar-refractivity contribution in [2.45, 2.75) is 26.8 Å². The smallest absolute Gasteiger partial charge is 0.266 e. The molecule has 0 saturated carbocycles. The molecule has 1 aromatic heterocycles. The van der Waals surface area contributed by atoms with Crippen LogP contribution in [0.2, 0.25) is 0 Å². The number of nitrogen functional groups attached to an aromatic ring is 1. The second kappa shape index (κ2) is 5.63. The summed E-state index contributed by atoms with van der Waals surface area (Å²) in [7, 11) is 1.81. The van der Waals surface area contributed by atoms with E-state index in [1.54, 1.807) is 4.90 Å². The topological polar surface area (TPSA) is 59.2 Å². The van der Waals surface area contributed by atoms with Crippen LogP contribution in [0.5, 0.6) is 0 Å². The van der Waals surface area contributed by atoms with Gasteiger partial charge in [0.25, 0.3) is 5.91 Å². The van der Waals surface area contributed by atoms with Crippen LogP contribution >= 0.6 is 11.3 Å². The largest absolute Gasteiger partial charge is 0.399 e. The molecule has 0 bridgehead atoms. The minimum absolute atomic E-state index is 0.00280. The summed E-state index contributed by atoms with van der Waals surface area (Å²) < 4.78 is 0. The Kier molecular flexibility index (Phi) is 4.09. The summed E-state index contributed by atoms with van der Waals surface area (Å²) in [6, 6.07) is 7.60. The number of aryl methyl sites for hydroxylation is 2. The fourth-order valence-corrected chi connectivity index (χ4v) is 3.01. The minimum atomic E-state index is -0.0344. The lowest BCUT2D eigenvalue weighted by molar-refractivity contribution is 0.0746. The SMILES string of the molecule is Cc1nc(C)c(C(=O)N(C)C(C)c2cccc(N)c2)s1. The number of anilines is 1. The number of nitrogens with two attached hydrogens (primary N) is 1. The summed E-state index contributed by atoms with van der Waals surface area (Å²) in [5, 5.41) is 0.913. The summed E-state index contributed by atoms with van der Waals surface area (Å²) in [4.78, 5) is 19.3. The lowest BCUT2D eigenvalue weighted by Gasteiger charge is -2.25. The fraction of sp³-hybridized carbons (Fsp3) is 0.333. The van der Waals surface area contributed by atoms with Gasteiger partial charge in [0, 0.05) is 12.7 Å². The number of hydrogen-bond donors (Lipinski definition) is 1. The normalized spacial score (nSPS) is 12.2. The Hall–Kier alpha value is -1.88. The summed E-state index contributed by atoms with van der Waals surface area (Å²) in [6.07, 6.45) is 0. The van der Waals surface area contributed by atoms with Crippen LogP contribution < -0.4 is 5.73 Å². The Labute approximate surface area is 123 Å². The monoisotopic (exact) mass is 289 g/mol. The van der Waals surface area contributed by atoms with Gasteiger partial charge in [0.2, 0.25) is 0 Å². The van der Waals surface area contributed by atoms with Crippen molar-refractivity contribution >= 4 is 22.9 Å². The number of hydrogen-bond acceptors (Lipinski definition) is 4. The molecular weight excluding hydrogens is 270 g/mol. The molecule has 106 valence electrons. The van der Waals surface area contributed by atoms with E-state index >= 15 is 0 Å². The molecule has 1 atom stereocenters. The van der Waals surface area contributed by atoms with Gasteiger partial charge in [0.15, 0.2) is 0 Å². The molecule has 20 heavy (non-hydrogen) atoms. The molecule has 1 heterocycles. The van der Waals surface area contributed by atoms with Crippen LogP contribution in [0.4, 0.5) is 5.69 Å². The van der Waals surface area contributed by atoms with Gasteiger partial charge in [-0.2, -0.15) is 0 Å². The molecule has 0 fully saturated rings. The van der Waals surface area contributed by atoms with Gasteiger partial charge >= 0.3 is 0 Å². The Morgan fingerprint density at radius 3 is 2.65 bits per heavy atom. The Morgan fingerprint density at radius 1 is 1.40 bits per heavy atom. The highest BCUT2D eigenvalue weighted by Crippen LogP contribution is 2.25. The number of carbonyl (C=O) groups excluding carboxylic acids is 1. The van der Waals surface area contributed by atoms with Crippen molar-refractivity contribution in [3.8, 4) is 0 Å². The van der Waals surface area contributed by atoms with Crippen molar-refractivity contribution in [3.05, 3.63) is 45.4 Å². The molecule has 0 spiro atoms. The first-order chi connectivity index (χ1) is 9.40. The summed E-state index contributed by atoms with van der Waals surface area (Å²) >= 11 is 1.44. The van der Waals surface area contributed by atoms with Gasteiger partial charge in [-0.1, -0.05) is 12.1 Å². The van der Waals surface area contributed by atoms with Gasteiger partial charge < -0.3 is 10.6 Å². The summed E-state index contributed by atoms with van der Waals surface area (Å²) in [5.41, 5.74) is 8.33. The van der Waals surface area contributed by atoms with E-state index in [0.29, 0.717) is 10.6 Å². The standard InChI is InChI=1S/C15H19N3OS/c1-9-14(20-11(3)17-9)15(19)18(4)10(2)12-6-5-7-13(16)8-12/h5-8,10H,16H2,1-4H3. The number of rotatable bonds is 3. The van der Waals surface area contributed by atoms with Crippen molar-refractivity contribution in [1.29, 1.82) is 0 Å². The Morgan fingerprint density at radius 2 is 2.10 bits per heavy atom. The number of benzene rings is 1. The average molecular weight is 289 g/mol. The molecule has 4 nitrogen and oxygen atoms in total. The van der Waals surface area contributed by atoms with E-state index in [4.69, 9.17) is 5.73 Å². The van der Waals surface area contributed by atoms with Crippen LogP contribution in [-0.4, -0.2) is 22.8 Å². The van der Waals surface area contributed by atoms with Crippen molar-refractivity contribution in [2.24, 2.45) is 0 Å². The van der Waals surface area contributed by atoms with Crippen molar-refractivity contribution in [2.75, 3.05) is 12.8 Å². The third-order valence-electron chi connectivity index (χ3n) is 3.39. The van der Waals surface area contributed by atoms with E-state index in [2.05, 4.69) is 4.98 Å². The van der Waals surface area contributed by atoms with Gasteiger partial charge in [-0.15, -0.1) is 11.3 Å². The van der Waals surface area contributed by atoms with E-state index in [1.165, 1.54) is 11.3 Å². The van der Waals surface area contributed by atoms with E-state index < -0.39 is 0 Å². The number of carbonyl (C=O) groups is 1. The molecule has 0 radical (unpaired) electrons. The predicted octanol–water partition coefficient (Wildman–Crippen LogP) is 3.18. The molecule has 2 rings (SSSR count). The summed E-state index contributed by atoms with van der Waals surface area (Å²) in [6.45, 7) is 5.78. The van der Waals surface area contributed by atoms with Crippen LogP contribution in [0.25, 0.3) is 0 Å². The second-order valence-electron chi connectivity index (χ2n) is 4.91. The number of amides is 1. The molecule has 0 aliphatic rings. The van der Waals surface area contributed by atoms with Gasteiger partial charge in [-0.25, -0.2) is 4.98 Å². The quantitative estimate of drug-likeness (QED) is 0.883. The minimum Gasteiger partial charge on any atom is -0.399 e. The Balaban J connectivity index is 2.24. The fourth-order valence-electron chi connectivity index (χ4n) is 2.11. The number of thiazole rings is 1. The highest BCUT2D eigenvalue weighted by Gasteiger charge is 2.22. The van der Waals surface area contributed by atoms with Crippen molar-refractivity contribution < 1.29 is 4.79 Å². The molecule has 0 saturated heterocycles.